The summed E-state index contributed by atoms with van der Waals surface area (Å²) in [5.74, 6) is 0. The lowest BCUT2D eigenvalue weighted by molar-refractivity contribution is 0.0330. The summed E-state index contributed by atoms with van der Waals surface area (Å²) in [6.45, 7) is 1.81. The topological polar surface area (TPSA) is 29.5 Å². The monoisotopic (exact) mass is 121 g/mol. The first kappa shape index (κ1) is 7.20. The second-order valence-corrected chi connectivity index (χ2v) is 1.18. The number of hydrogen-bond donors (Lipinski definition) is 0. The molecule has 4 heteroatoms. The lowest BCUT2D eigenvalue weighted by atomic mass is 10.9. The first-order chi connectivity index (χ1) is 3.68. The normalized spacial score (nSPS) is 8.38. The van der Waals surface area contributed by atoms with E-state index in [9.17, 15) is 9.28 Å². The van der Waals surface area contributed by atoms with Crippen LogP contribution < -0.4 is 0 Å². The highest BCUT2D eigenvalue weighted by Gasteiger charge is 2.04. The van der Waals surface area contributed by atoms with Crippen molar-refractivity contribution in [1.29, 1.82) is 0 Å². The first-order valence-corrected chi connectivity index (χ1v) is 2.24. The van der Waals surface area contributed by atoms with Gasteiger partial charge in [-0.3, -0.25) is 0 Å². The molecule has 48 valence electrons. The summed E-state index contributed by atoms with van der Waals surface area (Å²) in [5.41, 5.74) is 0. The summed E-state index contributed by atoms with van der Waals surface area (Å²) < 4.78 is 15.9. The molecule has 1 amide bonds. The van der Waals surface area contributed by atoms with E-state index in [-0.39, 0.29) is 11.7 Å². The van der Waals surface area contributed by atoms with Gasteiger partial charge in [0.25, 0.3) is 0 Å². The molecule has 0 aromatic heterocycles. The molecule has 0 aliphatic heterocycles. The van der Waals surface area contributed by atoms with Crippen LogP contribution in [0, 0.1) is 0 Å². The van der Waals surface area contributed by atoms with Gasteiger partial charge < -0.3 is 4.74 Å². The van der Waals surface area contributed by atoms with Crippen molar-refractivity contribution in [2.24, 2.45) is 0 Å². The molecule has 0 spiro atoms. The van der Waals surface area contributed by atoms with Crippen molar-refractivity contribution < 1.29 is 14.0 Å². The van der Waals surface area contributed by atoms with Crippen molar-refractivity contribution in [2.45, 2.75) is 6.92 Å². The van der Waals surface area contributed by atoms with E-state index in [0.717, 1.165) is 7.05 Å². The zero-order valence-corrected chi connectivity index (χ0v) is 4.85. The van der Waals surface area contributed by atoms with Crippen LogP contribution in [-0.4, -0.2) is 24.9 Å². The van der Waals surface area contributed by atoms with Gasteiger partial charge in [-0.25, -0.2) is 4.79 Å². The Morgan fingerprint density at radius 2 is 2.38 bits per heavy atom. The van der Waals surface area contributed by atoms with Crippen LogP contribution in [0.3, 0.4) is 0 Å². The van der Waals surface area contributed by atoms with Crippen molar-refractivity contribution in [2.75, 3.05) is 13.7 Å². The Morgan fingerprint density at radius 3 is 2.50 bits per heavy atom. The van der Waals surface area contributed by atoms with Gasteiger partial charge in [0.1, 0.15) is 0 Å². The van der Waals surface area contributed by atoms with Gasteiger partial charge in [0.2, 0.25) is 0 Å². The Balaban J connectivity index is 3.33. The Bertz CT molecular complexity index is 84.1. The predicted octanol–water partition coefficient (Wildman–Crippen LogP) is 0.959. The molecule has 0 saturated carbocycles. The molecular weight excluding hydrogens is 113 g/mol. The average molecular weight is 121 g/mol. The zero-order chi connectivity index (χ0) is 6.57. The second-order valence-electron chi connectivity index (χ2n) is 1.18. The van der Waals surface area contributed by atoms with Crippen LogP contribution in [0.15, 0.2) is 0 Å². The van der Waals surface area contributed by atoms with Crippen LogP contribution in [0.5, 0.6) is 0 Å². The van der Waals surface area contributed by atoms with Crippen molar-refractivity contribution >= 4 is 6.09 Å². The molecule has 0 saturated heterocycles. The van der Waals surface area contributed by atoms with Crippen molar-refractivity contribution in [3.63, 3.8) is 0 Å². The molecule has 3 nitrogen and oxygen atoms in total. The quantitative estimate of drug-likeness (QED) is 0.483. The number of nitrogens with zero attached hydrogens (tertiary/aromatic N) is 1. The van der Waals surface area contributed by atoms with E-state index in [1.54, 1.807) is 6.92 Å². The summed E-state index contributed by atoms with van der Waals surface area (Å²) in [6, 6.07) is 0. The number of rotatable bonds is 1. The molecule has 0 unspecified atom stereocenters. The van der Waals surface area contributed by atoms with E-state index in [0.29, 0.717) is 0 Å². The van der Waals surface area contributed by atoms with E-state index >= 15 is 0 Å². The second kappa shape index (κ2) is 3.23. The number of amides is 1. The minimum absolute atomic E-state index is 0.108. The lowest BCUT2D eigenvalue weighted by Gasteiger charge is -2.02. The summed E-state index contributed by atoms with van der Waals surface area (Å²) in [4.78, 5) is 10.1. The molecule has 0 fully saturated rings. The first-order valence-electron chi connectivity index (χ1n) is 2.24. The summed E-state index contributed by atoms with van der Waals surface area (Å²) in [7, 11) is 0.984. The molecule has 0 rings (SSSR count). The third-order valence-corrected chi connectivity index (χ3v) is 0.519. The van der Waals surface area contributed by atoms with E-state index in [4.69, 9.17) is 0 Å². The van der Waals surface area contributed by atoms with Gasteiger partial charge in [-0.15, -0.1) is 5.12 Å². The molecule has 0 atom stereocenters. The zero-order valence-electron chi connectivity index (χ0n) is 4.85. The Morgan fingerprint density at radius 1 is 1.88 bits per heavy atom. The van der Waals surface area contributed by atoms with Gasteiger partial charge in [-0.1, -0.05) is 4.48 Å². The maximum Gasteiger partial charge on any atom is 0.437 e. The fourth-order valence-electron chi connectivity index (χ4n) is 0.212. The highest BCUT2D eigenvalue weighted by molar-refractivity contribution is 5.65. The summed E-state index contributed by atoms with van der Waals surface area (Å²) in [5, 5.41) is -0.108. The summed E-state index contributed by atoms with van der Waals surface area (Å²) >= 11 is 0. The molecule has 8 heavy (non-hydrogen) atoms. The number of carbonyl (C=O) groups is 1. The minimum atomic E-state index is -0.951. The van der Waals surface area contributed by atoms with Gasteiger partial charge in [0, 0.05) is 7.05 Å². The number of halogens is 1. The maximum atomic E-state index is 11.6. The average Bonchev–Trinajstić information content (AvgIpc) is 1.67. The molecule has 0 radical (unpaired) electrons. The molecule has 0 aliphatic carbocycles. The lowest BCUT2D eigenvalue weighted by Crippen LogP contribution is -2.18. The number of carbonyl (C=O) groups excluding carboxylic acids is 1. The Labute approximate surface area is 47.0 Å². The third kappa shape index (κ3) is 2.39. The Kier molecular flexibility index (Phi) is 2.91. The molecule has 0 aromatic rings. The maximum absolute atomic E-state index is 11.6. The number of hydrogen-bond acceptors (Lipinski definition) is 2. The van der Waals surface area contributed by atoms with E-state index in [1.807, 2.05) is 0 Å². The van der Waals surface area contributed by atoms with Gasteiger partial charge in [-0.05, 0) is 6.92 Å². The fourth-order valence-corrected chi connectivity index (χ4v) is 0.212. The summed E-state index contributed by atoms with van der Waals surface area (Å²) in [6.07, 6.45) is -0.951. The predicted molar refractivity (Wildman–Crippen MR) is 25.9 cm³/mol. The Hall–Kier alpha value is -0.800. The van der Waals surface area contributed by atoms with Gasteiger partial charge in [-0.2, -0.15) is 0 Å². The van der Waals surface area contributed by atoms with E-state index in [2.05, 4.69) is 4.74 Å². The van der Waals surface area contributed by atoms with Gasteiger partial charge >= 0.3 is 6.09 Å². The van der Waals surface area contributed by atoms with Crippen LogP contribution >= 0.6 is 0 Å². The van der Waals surface area contributed by atoms with Gasteiger partial charge in [0.05, 0.1) is 6.61 Å². The van der Waals surface area contributed by atoms with E-state index in [1.165, 1.54) is 0 Å². The molecule has 0 aliphatic rings. The van der Waals surface area contributed by atoms with Crippen LogP contribution in [0.1, 0.15) is 6.92 Å². The van der Waals surface area contributed by atoms with Crippen LogP contribution in [0.4, 0.5) is 9.28 Å². The van der Waals surface area contributed by atoms with Crippen LogP contribution in [0.2, 0.25) is 0 Å². The standard InChI is InChI=1S/C4H8FNO2/c1-3-8-4(7)6(2)5/h3H2,1-2H3. The largest absolute Gasteiger partial charge is 0.448 e. The minimum Gasteiger partial charge on any atom is -0.448 e. The number of ether oxygens (including phenoxy) is 1. The smallest absolute Gasteiger partial charge is 0.437 e. The van der Waals surface area contributed by atoms with Gasteiger partial charge in [0.15, 0.2) is 0 Å². The SMILES string of the molecule is CCOC(=O)N(C)F. The molecular formula is C4H8FNO2. The van der Waals surface area contributed by atoms with Crippen molar-refractivity contribution in [3.8, 4) is 0 Å². The molecule has 0 heterocycles. The highest BCUT2D eigenvalue weighted by Crippen LogP contribution is 1.87. The van der Waals surface area contributed by atoms with Crippen molar-refractivity contribution in [3.05, 3.63) is 0 Å². The van der Waals surface area contributed by atoms with Crippen molar-refractivity contribution in [1.82, 2.24) is 5.12 Å². The molecule has 0 aromatic carbocycles. The van der Waals surface area contributed by atoms with Crippen LogP contribution in [-0.2, 0) is 4.74 Å². The highest BCUT2D eigenvalue weighted by atomic mass is 19.2. The fraction of sp³-hybridized carbons (Fsp3) is 0.750. The van der Waals surface area contributed by atoms with Crippen LogP contribution in [0.25, 0.3) is 0 Å². The third-order valence-electron chi connectivity index (χ3n) is 0.519. The van der Waals surface area contributed by atoms with E-state index < -0.39 is 6.09 Å². The molecule has 0 N–H and O–H groups in total. The molecule has 0 bridgehead atoms.